The van der Waals surface area contributed by atoms with Crippen LogP contribution in [0.2, 0.25) is 10.0 Å². The quantitative estimate of drug-likeness (QED) is 0.182. The topological polar surface area (TPSA) is 143 Å². The Morgan fingerprint density at radius 3 is 1.71 bits per heavy atom. The zero-order valence-corrected chi connectivity index (χ0v) is 38.6. The van der Waals surface area contributed by atoms with Crippen LogP contribution in [-0.2, 0) is 20.5 Å². The fourth-order valence-corrected chi connectivity index (χ4v) is 9.71. The molecular formula is C50H38BrCl2N11O2. The average molecular weight is 976 g/mol. The van der Waals surface area contributed by atoms with Crippen molar-refractivity contribution < 1.29 is 0 Å². The molecule has 0 aliphatic heterocycles. The molecular weight excluding hydrogens is 937 g/mol. The monoisotopic (exact) mass is 973 g/mol. The van der Waals surface area contributed by atoms with Gasteiger partial charge in [0.15, 0.2) is 0 Å². The van der Waals surface area contributed by atoms with Crippen molar-refractivity contribution in [2.24, 2.45) is 14.1 Å². The molecule has 0 spiro atoms. The standard InChI is InChI=1S/C26H23N5O.C16H11ClN4O.C8H4BrClN2/c1-30-13-9-18-10-14-31(26(32)25(18)30)23-16-19(15-22-24(23)28-12-11-27-22)29-21-8-4-6-17-5-2-3-7-20(17)21;1-20-6-2-10-3-7-21(16(22)15(10)20)13-9-11(17)8-12-14(13)19-5-4-18-12;9-6-3-5(10)4-7-8(6)12-2-1-11-7/h2-3,5,7,9-16,21,29H,4,6,8H2,1H3;2-9H,1H3;1-4H/t21-;;/m1../s1. The summed E-state index contributed by atoms with van der Waals surface area (Å²) in [5, 5.41) is 6.72. The molecule has 13 nitrogen and oxygen atoms in total. The summed E-state index contributed by atoms with van der Waals surface area (Å²) >= 11 is 15.4. The Morgan fingerprint density at radius 2 is 1.09 bits per heavy atom. The van der Waals surface area contributed by atoms with Crippen molar-refractivity contribution in [3.05, 3.63) is 193 Å². The minimum absolute atomic E-state index is 0.0675. The highest BCUT2D eigenvalue weighted by molar-refractivity contribution is 9.10. The Hall–Kier alpha value is -7.26. The highest BCUT2D eigenvalue weighted by atomic mass is 79.9. The number of fused-ring (bicyclic) bond motifs is 6. The molecule has 11 aromatic rings. The van der Waals surface area contributed by atoms with Gasteiger partial charge in [-0.05, 0) is 107 Å². The Morgan fingerprint density at radius 1 is 0.591 bits per heavy atom. The lowest BCUT2D eigenvalue weighted by molar-refractivity contribution is 0.600. The SMILES string of the molecule is Clc1cc(Br)c2nccnc2c1.Cn1ccc2ccn(-c3cc(Cl)cc4nccnc34)c(=O)c21.Cn1ccc2ccn(-c3cc(N[C@@H]4CCCc5ccccc54)cc4nccnc34)c(=O)c21. The van der Waals surface area contributed by atoms with Crippen LogP contribution in [0.4, 0.5) is 5.69 Å². The number of benzene rings is 4. The molecule has 0 radical (unpaired) electrons. The Bertz CT molecular complexity index is 3770. The maximum atomic E-state index is 13.4. The first-order valence-corrected chi connectivity index (χ1v) is 22.6. The summed E-state index contributed by atoms with van der Waals surface area (Å²) in [5.74, 6) is 0. The Labute approximate surface area is 395 Å². The van der Waals surface area contributed by atoms with Gasteiger partial charge in [-0.15, -0.1) is 0 Å². The number of aromatic nitrogens is 10. The summed E-state index contributed by atoms with van der Waals surface area (Å²) in [7, 11) is 3.74. The number of nitrogens with zero attached hydrogens (tertiary/aromatic N) is 10. The zero-order chi connectivity index (χ0) is 45.5. The van der Waals surface area contributed by atoms with Crippen LogP contribution in [0.15, 0.2) is 161 Å². The van der Waals surface area contributed by atoms with Gasteiger partial charge in [-0.25, -0.2) is 0 Å². The van der Waals surface area contributed by atoms with E-state index in [1.165, 1.54) is 11.1 Å². The first-order chi connectivity index (χ1) is 32.1. The largest absolute Gasteiger partial charge is 0.378 e. The molecule has 7 aromatic heterocycles. The van der Waals surface area contributed by atoms with Gasteiger partial charge in [-0.3, -0.25) is 48.6 Å². The second-order valence-electron chi connectivity index (χ2n) is 15.8. The fraction of sp³-hybridized carbons (Fsp3) is 0.120. The van der Waals surface area contributed by atoms with E-state index in [4.69, 9.17) is 23.2 Å². The van der Waals surface area contributed by atoms with E-state index in [9.17, 15) is 9.59 Å². The molecule has 0 fully saturated rings. The lowest BCUT2D eigenvalue weighted by atomic mass is 9.87. The number of halogens is 3. The van der Waals surface area contributed by atoms with E-state index in [0.29, 0.717) is 43.3 Å². The summed E-state index contributed by atoms with van der Waals surface area (Å²) in [5.41, 5.74) is 10.6. The molecule has 7 heterocycles. The number of hydrogen-bond donors (Lipinski definition) is 1. The predicted octanol–water partition coefficient (Wildman–Crippen LogP) is 10.7. The van der Waals surface area contributed by atoms with Gasteiger partial charge in [0.05, 0.1) is 34.0 Å². The van der Waals surface area contributed by atoms with Gasteiger partial charge in [-0.2, -0.15) is 0 Å². The molecule has 1 aliphatic rings. The van der Waals surface area contributed by atoms with Crippen molar-refractivity contribution >= 4 is 99.7 Å². The van der Waals surface area contributed by atoms with Gasteiger partial charge in [0.1, 0.15) is 27.6 Å². The predicted molar refractivity (Wildman–Crippen MR) is 266 cm³/mol. The van der Waals surface area contributed by atoms with Gasteiger partial charge in [0, 0.05) is 107 Å². The number of anilines is 1. The van der Waals surface area contributed by atoms with Crippen LogP contribution in [0.1, 0.15) is 30.0 Å². The minimum atomic E-state index is -0.112. The van der Waals surface area contributed by atoms with E-state index in [2.05, 4.69) is 75.4 Å². The van der Waals surface area contributed by atoms with Crippen LogP contribution < -0.4 is 16.4 Å². The summed E-state index contributed by atoms with van der Waals surface area (Å²) in [4.78, 5) is 52.2. The lowest BCUT2D eigenvalue weighted by Crippen LogP contribution is -2.21. The van der Waals surface area contributed by atoms with Crippen LogP contribution in [-0.4, -0.2) is 48.2 Å². The molecule has 0 saturated carbocycles. The van der Waals surface area contributed by atoms with Crippen LogP contribution in [0.5, 0.6) is 0 Å². The zero-order valence-electron chi connectivity index (χ0n) is 35.5. The number of pyridine rings is 2. The molecule has 16 heteroatoms. The third-order valence-corrected chi connectivity index (χ3v) is 12.7. The van der Waals surface area contributed by atoms with Crippen molar-refractivity contribution in [3.63, 3.8) is 0 Å². The second kappa shape index (κ2) is 18.0. The van der Waals surface area contributed by atoms with Gasteiger partial charge in [0.2, 0.25) is 0 Å². The van der Waals surface area contributed by atoms with Gasteiger partial charge >= 0.3 is 0 Å². The summed E-state index contributed by atoms with van der Waals surface area (Å²) in [6.45, 7) is 0. The molecule has 326 valence electrons. The highest BCUT2D eigenvalue weighted by Crippen LogP contribution is 2.34. The first-order valence-electron chi connectivity index (χ1n) is 21.0. The van der Waals surface area contributed by atoms with Crippen LogP contribution >= 0.6 is 39.1 Å². The third-order valence-electron chi connectivity index (χ3n) is 11.7. The van der Waals surface area contributed by atoms with Crippen molar-refractivity contribution in [1.29, 1.82) is 0 Å². The van der Waals surface area contributed by atoms with E-state index in [1.54, 1.807) is 76.8 Å². The number of aryl methyl sites for hydroxylation is 3. The average Bonchev–Trinajstić information content (AvgIpc) is 3.91. The molecule has 1 aliphatic carbocycles. The van der Waals surface area contributed by atoms with Crippen LogP contribution in [0.25, 0.3) is 66.3 Å². The molecule has 0 amide bonds. The van der Waals surface area contributed by atoms with Crippen molar-refractivity contribution in [2.75, 3.05) is 5.32 Å². The van der Waals surface area contributed by atoms with Gasteiger partial charge in [0.25, 0.3) is 11.1 Å². The maximum absolute atomic E-state index is 13.4. The van der Waals surface area contributed by atoms with E-state index < -0.39 is 0 Å². The first kappa shape index (κ1) is 42.7. The van der Waals surface area contributed by atoms with Gasteiger partial charge < -0.3 is 14.5 Å². The van der Waals surface area contributed by atoms with E-state index in [1.807, 2.05) is 78.2 Å². The second-order valence-corrected chi connectivity index (χ2v) is 17.5. The molecule has 0 unspecified atom stereocenters. The fourth-order valence-electron chi connectivity index (χ4n) is 8.60. The number of nitrogens with one attached hydrogen (secondary N) is 1. The summed E-state index contributed by atoms with van der Waals surface area (Å²) < 4.78 is 7.79. The van der Waals surface area contributed by atoms with Crippen LogP contribution in [0, 0.1) is 0 Å². The molecule has 66 heavy (non-hydrogen) atoms. The highest BCUT2D eigenvalue weighted by Gasteiger charge is 2.21. The smallest absolute Gasteiger partial charge is 0.279 e. The third kappa shape index (κ3) is 8.19. The Balaban J connectivity index is 0.000000129. The van der Waals surface area contributed by atoms with Crippen LogP contribution in [0.3, 0.4) is 0 Å². The summed E-state index contributed by atoms with van der Waals surface area (Å²) in [6.07, 6.45) is 20.5. The maximum Gasteiger partial charge on any atom is 0.279 e. The number of rotatable bonds is 4. The van der Waals surface area contributed by atoms with E-state index in [0.717, 1.165) is 62.4 Å². The number of hydrogen-bond acceptors (Lipinski definition) is 9. The van der Waals surface area contributed by atoms with Gasteiger partial charge in [-0.1, -0.05) is 47.5 Å². The molecule has 0 saturated heterocycles. The Kier molecular flexibility index (Phi) is 11.6. The molecule has 1 atom stereocenters. The lowest BCUT2D eigenvalue weighted by Gasteiger charge is -2.27. The normalized spacial score (nSPS) is 13.3. The van der Waals surface area contributed by atoms with Crippen molar-refractivity contribution in [3.8, 4) is 11.4 Å². The molecule has 12 rings (SSSR count). The van der Waals surface area contributed by atoms with E-state index in [-0.39, 0.29) is 17.2 Å². The van der Waals surface area contributed by atoms with E-state index >= 15 is 0 Å². The van der Waals surface area contributed by atoms with Crippen molar-refractivity contribution in [2.45, 2.75) is 25.3 Å². The molecule has 0 bridgehead atoms. The summed E-state index contributed by atoms with van der Waals surface area (Å²) in [6, 6.07) is 27.7. The molecule has 1 N–H and O–H groups in total. The molecule has 4 aromatic carbocycles. The van der Waals surface area contributed by atoms with Crippen molar-refractivity contribution in [1.82, 2.24) is 48.2 Å². The minimum Gasteiger partial charge on any atom is -0.378 e.